The zero-order valence-electron chi connectivity index (χ0n) is 46.0. The highest BCUT2D eigenvalue weighted by Gasteiger charge is 2.42. The molecule has 6 atom stereocenters. The Balaban J connectivity index is 0.000000117. The Morgan fingerprint density at radius 3 is 1.98 bits per heavy atom. The molecule has 7 heterocycles. The maximum absolute atomic E-state index is 14.3. The third kappa shape index (κ3) is 10.1. The molecular weight excluding hydrogens is 1030 g/mol. The van der Waals surface area contributed by atoms with E-state index in [1.165, 1.54) is 56.6 Å². The van der Waals surface area contributed by atoms with E-state index in [9.17, 15) is 14.0 Å². The number of halogens is 1. The predicted octanol–water partition coefficient (Wildman–Crippen LogP) is 12.5. The number of hydrazone groups is 1. The summed E-state index contributed by atoms with van der Waals surface area (Å²) in [5, 5.41) is 17.2. The molecular formula is C70H59FN10O2. The number of nitrogens with zero attached hydrogens (tertiary/aromatic N) is 7. The number of ketones is 1. The van der Waals surface area contributed by atoms with Crippen LogP contribution >= 0.6 is 0 Å². The van der Waals surface area contributed by atoms with Gasteiger partial charge in [-0.25, -0.2) is 9.49 Å². The topological polar surface area (TPSA) is 154 Å². The smallest absolute Gasteiger partial charge is 0.272 e. The van der Waals surface area contributed by atoms with Crippen molar-refractivity contribution < 1.29 is 9.18 Å². The number of rotatable bonds is 8. The Morgan fingerprint density at radius 1 is 0.602 bits per heavy atom. The lowest BCUT2D eigenvalue weighted by Crippen LogP contribution is -2.36. The summed E-state index contributed by atoms with van der Waals surface area (Å²) in [5.74, 6) is 0.0820. The molecule has 2 aliphatic carbocycles. The molecule has 13 heteroatoms. The van der Waals surface area contributed by atoms with Gasteiger partial charge >= 0.3 is 0 Å². The summed E-state index contributed by atoms with van der Waals surface area (Å²) in [4.78, 5) is 44.6. The van der Waals surface area contributed by atoms with Crippen LogP contribution in [0, 0.1) is 5.82 Å². The van der Waals surface area contributed by atoms with Crippen LogP contribution in [0.2, 0.25) is 0 Å². The van der Waals surface area contributed by atoms with Crippen LogP contribution in [0.3, 0.4) is 0 Å². The van der Waals surface area contributed by atoms with Crippen LogP contribution in [0.5, 0.6) is 0 Å². The molecule has 3 aliphatic heterocycles. The fourth-order valence-corrected chi connectivity index (χ4v) is 13.1. The second-order valence-electron chi connectivity index (χ2n) is 22.0. The fraction of sp³-hybridized carbons (Fsp3) is 0.171. The molecule has 0 bridgehead atoms. The van der Waals surface area contributed by atoms with Gasteiger partial charge in [0.1, 0.15) is 12.4 Å². The number of carbonyl (C=O) groups is 1. The van der Waals surface area contributed by atoms with Gasteiger partial charge in [0.05, 0.1) is 40.2 Å². The van der Waals surface area contributed by atoms with Crippen LogP contribution in [0.1, 0.15) is 119 Å². The van der Waals surface area contributed by atoms with Crippen LogP contribution in [0.15, 0.2) is 228 Å². The maximum Gasteiger partial charge on any atom is 0.272 e. The number of pyridine rings is 3. The van der Waals surface area contributed by atoms with Crippen LogP contribution in [0.4, 0.5) is 10.1 Å². The Hall–Kier alpha value is -9.85. The fourth-order valence-electron chi connectivity index (χ4n) is 13.1. The zero-order valence-corrected chi connectivity index (χ0v) is 46.0. The van der Waals surface area contributed by atoms with Crippen molar-refractivity contribution in [3.8, 4) is 0 Å². The third-order valence-electron chi connectivity index (χ3n) is 16.7. The average Bonchev–Trinajstić information content (AvgIpc) is 3.13. The SMILES string of the molecule is C=C1NN=C2c3c(cccc31)CC(c1ccncc1)C2c1ccccc1.CN(C)Cc1ccc(C2C3=NCC(=O)c4cc(F)cc(c43)NC2c2ccncc2)cc1.O=c1[nH]nc2c3c(cccc13)CC(c1ccccn1)C2c1ccccc1. The van der Waals surface area contributed by atoms with Gasteiger partial charge in [-0.1, -0.05) is 128 Å². The van der Waals surface area contributed by atoms with Crippen molar-refractivity contribution in [1.29, 1.82) is 0 Å². The van der Waals surface area contributed by atoms with Crippen molar-refractivity contribution in [2.75, 3.05) is 26.0 Å². The molecule has 6 unspecified atom stereocenters. The molecule has 6 aromatic carbocycles. The number of aliphatic imine (C=N–C) groups is 1. The summed E-state index contributed by atoms with van der Waals surface area (Å²) >= 11 is 0. The molecule has 83 heavy (non-hydrogen) atoms. The van der Waals surface area contributed by atoms with E-state index in [1.54, 1.807) is 12.4 Å². The normalized spacial score (nSPS) is 19.7. The second kappa shape index (κ2) is 22.6. The largest absolute Gasteiger partial charge is 0.377 e. The van der Waals surface area contributed by atoms with Gasteiger partial charge in [-0.3, -0.25) is 35.0 Å². The first-order valence-corrected chi connectivity index (χ1v) is 28.0. The molecule has 3 N–H and O–H groups in total. The molecule has 4 aromatic heterocycles. The van der Waals surface area contributed by atoms with Gasteiger partial charge in [-0.05, 0) is 126 Å². The van der Waals surface area contributed by atoms with Gasteiger partial charge in [0, 0.05) is 100 Å². The van der Waals surface area contributed by atoms with Gasteiger partial charge in [0.15, 0.2) is 5.78 Å². The Kier molecular flexibility index (Phi) is 14.3. The lowest BCUT2D eigenvalue weighted by Gasteiger charge is -2.38. The summed E-state index contributed by atoms with van der Waals surface area (Å²) < 4.78 is 14.3. The Morgan fingerprint density at radius 2 is 1.27 bits per heavy atom. The van der Waals surface area contributed by atoms with E-state index in [0.29, 0.717) is 22.6 Å². The first kappa shape index (κ1) is 52.5. The van der Waals surface area contributed by atoms with Crippen molar-refractivity contribution in [2.45, 2.75) is 55.0 Å². The van der Waals surface area contributed by atoms with Gasteiger partial charge in [0.2, 0.25) is 0 Å². The number of nitrogens with one attached hydrogen (secondary N) is 3. The molecule has 0 spiro atoms. The molecule has 10 aromatic rings. The number of hydrogen-bond acceptors (Lipinski definition) is 11. The van der Waals surface area contributed by atoms with Crippen molar-refractivity contribution in [2.24, 2.45) is 10.1 Å². The van der Waals surface area contributed by atoms with Crippen molar-refractivity contribution >= 4 is 39.4 Å². The van der Waals surface area contributed by atoms with E-state index in [2.05, 4.69) is 157 Å². The van der Waals surface area contributed by atoms with Crippen molar-refractivity contribution in [1.82, 2.24) is 35.5 Å². The van der Waals surface area contributed by atoms with Crippen LogP contribution in [0.25, 0.3) is 16.5 Å². The predicted molar refractivity (Wildman–Crippen MR) is 326 cm³/mol. The monoisotopic (exact) mass is 1090 g/mol. The molecule has 408 valence electrons. The van der Waals surface area contributed by atoms with Crippen LogP contribution < -0.4 is 16.3 Å². The molecule has 0 saturated heterocycles. The minimum absolute atomic E-state index is 0.0451. The average molecular weight is 1090 g/mol. The molecule has 0 saturated carbocycles. The standard InChI is InChI=1S/C25H23FN4O.C23H19N3.C22H17N3O/c1-30(2)14-15-3-5-16(6-4-15)22-24(17-7-9-27-10-8-17)29-20-12-18(26)11-19-21(31)13-28-25(22)23(19)20;1-15-19-9-5-8-18-14-20(16-10-12-24-13-11-16)21(17-6-3-2-4-7-17)23(22(18)19)26-25-15;26-22-16-10-6-9-15-13-17(18-11-4-5-12-23-18)19(14-7-2-1-3-8-14)21(20(15)16)24-25-22/h3-12,22,24,29H,13-14H2,1-2H3;2-13,20-21,25H,1,14H2;1-12,17,19H,13H2,(H,25,26). The number of benzene rings is 6. The molecule has 0 fully saturated rings. The summed E-state index contributed by atoms with van der Waals surface area (Å²) in [5.41, 5.74) is 21.7. The van der Waals surface area contributed by atoms with Gasteiger partial charge in [-0.15, -0.1) is 0 Å². The van der Waals surface area contributed by atoms with E-state index in [4.69, 9.17) is 10.1 Å². The first-order chi connectivity index (χ1) is 40.7. The molecule has 5 aliphatic rings. The number of aromatic nitrogens is 5. The van der Waals surface area contributed by atoms with Crippen molar-refractivity contribution in [3.63, 3.8) is 0 Å². The highest BCUT2D eigenvalue weighted by molar-refractivity contribution is 6.21. The number of hydrogen-bond donors (Lipinski definition) is 3. The number of aromatic amines is 1. The van der Waals surface area contributed by atoms with Gasteiger partial charge in [-0.2, -0.15) is 10.2 Å². The summed E-state index contributed by atoms with van der Waals surface area (Å²) in [6, 6.07) is 58.9. The van der Waals surface area contributed by atoms with E-state index in [0.717, 1.165) is 70.0 Å². The quantitative estimate of drug-likeness (QED) is 0.135. The van der Waals surface area contributed by atoms with Crippen LogP contribution in [-0.4, -0.2) is 67.9 Å². The summed E-state index contributed by atoms with van der Waals surface area (Å²) in [7, 11) is 4.09. The second-order valence-corrected chi connectivity index (χ2v) is 22.0. The van der Waals surface area contributed by atoms with Gasteiger partial charge in [0.25, 0.3) is 5.56 Å². The number of anilines is 1. The lowest BCUT2D eigenvalue weighted by molar-refractivity contribution is 0.0999. The maximum atomic E-state index is 14.3. The molecule has 0 amide bonds. The number of H-pyrrole nitrogens is 1. The molecule has 12 nitrogen and oxygen atoms in total. The molecule has 15 rings (SSSR count). The van der Waals surface area contributed by atoms with E-state index < -0.39 is 5.82 Å². The summed E-state index contributed by atoms with van der Waals surface area (Å²) in [6.45, 7) is 5.04. The minimum atomic E-state index is -0.421. The van der Waals surface area contributed by atoms with E-state index >= 15 is 0 Å². The minimum Gasteiger partial charge on any atom is -0.377 e. The highest BCUT2D eigenvalue weighted by Crippen LogP contribution is 2.49. The van der Waals surface area contributed by atoms with Crippen LogP contribution in [-0.2, 0) is 19.4 Å². The van der Waals surface area contributed by atoms with Gasteiger partial charge < -0.3 is 10.2 Å². The Bertz CT molecular complexity index is 4180. The number of Topliss-reactive ketones (excluding diaryl/α,β-unsaturated/α-hetero) is 1. The zero-order chi connectivity index (χ0) is 56.6. The highest BCUT2D eigenvalue weighted by atomic mass is 19.1. The third-order valence-corrected chi connectivity index (χ3v) is 16.7. The van der Waals surface area contributed by atoms with E-state index in [1.807, 2.05) is 87.3 Å². The van der Waals surface area contributed by atoms with Crippen molar-refractivity contribution in [3.05, 3.63) is 308 Å². The summed E-state index contributed by atoms with van der Waals surface area (Å²) in [6.07, 6.45) is 10.9. The first-order valence-electron chi connectivity index (χ1n) is 28.0. The number of carbonyl (C=O) groups excluding carboxylic acids is 1. The lowest BCUT2D eigenvalue weighted by atomic mass is 9.67. The van der Waals surface area contributed by atoms with E-state index in [-0.39, 0.29) is 47.6 Å². The molecule has 0 radical (unpaired) electrons. The Labute approximate surface area is 480 Å².